The van der Waals surface area contributed by atoms with E-state index in [0.29, 0.717) is 5.92 Å². The first-order chi connectivity index (χ1) is 12.3. The summed E-state index contributed by atoms with van der Waals surface area (Å²) in [6.07, 6.45) is 6.27. The van der Waals surface area contributed by atoms with Crippen molar-refractivity contribution in [3.05, 3.63) is 47.5 Å². The van der Waals surface area contributed by atoms with Crippen LogP contribution < -0.4 is 9.80 Å². The largest absolute Gasteiger partial charge is 0.367 e. The Balaban J connectivity index is 1.39. The molecule has 0 spiro atoms. The monoisotopic (exact) mass is 354 g/mol. The quantitative estimate of drug-likeness (QED) is 0.723. The standard InChI is InChI=1S/C18H19ClN6/c19-14-3-1-2-4-15(14)23-9-11-24(12-10-23)17-18-22-21-16(13-5-6-13)25(18)8-7-20-17/h1-4,7-8,13H,5-6,9-12H2. The number of rotatable bonds is 3. The van der Waals surface area contributed by atoms with Gasteiger partial charge in [0.25, 0.3) is 0 Å². The molecule has 0 radical (unpaired) electrons. The Morgan fingerprint density at radius 3 is 2.48 bits per heavy atom. The molecule has 1 saturated carbocycles. The minimum Gasteiger partial charge on any atom is -0.367 e. The number of nitrogens with zero attached hydrogens (tertiary/aromatic N) is 6. The SMILES string of the molecule is Clc1ccccc1N1CCN(c2nccn3c(C4CC4)nnc23)CC1. The van der Waals surface area contributed by atoms with Crippen LogP contribution in [0.2, 0.25) is 5.02 Å². The summed E-state index contributed by atoms with van der Waals surface area (Å²) in [6, 6.07) is 8.03. The van der Waals surface area contributed by atoms with E-state index in [0.717, 1.165) is 54.2 Å². The number of halogens is 1. The first kappa shape index (κ1) is 15.0. The van der Waals surface area contributed by atoms with Crippen molar-refractivity contribution in [2.24, 2.45) is 0 Å². The molecule has 25 heavy (non-hydrogen) atoms. The molecule has 7 heteroatoms. The number of anilines is 2. The molecule has 0 bridgehead atoms. The second kappa shape index (κ2) is 5.88. The molecule has 5 rings (SSSR count). The molecule has 6 nitrogen and oxygen atoms in total. The third-order valence-electron chi connectivity index (χ3n) is 5.05. The molecule has 0 atom stereocenters. The molecule has 1 aromatic carbocycles. The van der Waals surface area contributed by atoms with Gasteiger partial charge in [-0.2, -0.15) is 0 Å². The summed E-state index contributed by atoms with van der Waals surface area (Å²) in [5, 5.41) is 9.63. The maximum Gasteiger partial charge on any atom is 0.203 e. The van der Waals surface area contributed by atoms with Crippen molar-refractivity contribution < 1.29 is 0 Å². The zero-order chi connectivity index (χ0) is 16.8. The van der Waals surface area contributed by atoms with Gasteiger partial charge in [-0.05, 0) is 25.0 Å². The third kappa shape index (κ3) is 2.61. The Morgan fingerprint density at radius 1 is 0.960 bits per heavy atom. The first-order valence-corrected chi connectivity index (χ1v) is 9.13. The second-order valence-electron chi connectivity index (χ2n) is 6.70. The fraction of sp³-hybridized carbons (Fsp3) is 0.389. The van der Waals surface area contributed by atoms with Crippen molar-refractivity contribution in [1.82, 2.24) is 19.6 Å². The summed E-state index contributed by atoms with van der Waals surface area (Å²) >= 11 is 6.34. The van der Waals surface area contributed by atoms with Gasteiger partial charge in [0.2, 0.25) is 5.65 Å². The van der Waals surface area contributed by atoms with Gasteiger partial charge >= 0.3 is 0 Å². The number of hydrogen-bond donors (Lipinski definition) is 0. The third-order valence-corrected chi connectivity index (χ3v) is 5.37. The average molecular weight is 355 g/mol. The summed E-state index contributed by atoms with van der Waals surface area (Å²) in [5.41, 5.74) is 1.98. The lowest BCUT2D eigenvalue weighted by molar-refractivity contribution is 0.647. The van der Waals surface area contributed by atoms with Crippen molar-refractivity contribution in [3.63, 3.8) is 0 Å². The number of fused-ring (bicyclic) bond motifs is 1. The van der Waals surface area contributed by atoms with E-state index in [1.54, 1.807) is 0 Å². The van der Waals surface area contributed by atoms with Crippen molar-refractivity contribution in [3.8, 4) is 0 Å². The van der Waals surface area contributed by atoms with Gasteiger partial charge in [0.15, 0.2) is 5.82 Å². The fourth-order valence-corrected chi connectivity index (χ4v) is 3.80. The van der Waals surface area contributed by atoms with Crippen molar-refractivity contribution in [2.45, 2.75) is 18.8 Å². The van der Waals surface area contributed by atoms with E-state index >= 15 is 0 Å². The van der Waals surface area contributed by atoms with Gasteiger partial charge in [0.05, 0.1) is 10.7 Å². The molecule has 3 aromatic rings. The van der Waals surface area contributed by atoms with Gasteiger partial charge in [0, 0.05) is 44.5 Å². The lowest BCUT2D eigenvalue weighted by Gasteiger charge is -2.37. The minimum atomic E-state index is 0.572. The van der Waals surface area contributed by atoms with Crippen LogP contribution in [0.1, 0.15) is 24.6 Å². The number of aromatic nitrogens is 4. The molecule has 1 aliphatic carbocycles. The number of hydrogen-bond acceptors (Lipinski definition) is 5. The van der Waals surface area contributed by atoms with Crippen LogP contribution in [0.15, 0.2) is 36.7 Å². The number of piperazine rings is 1. The van der Waals surface area contributed by atoms with Crippen LogP contribution in [0.4, 0.5) is 11.5 Å². The molecule has 0 unspecified atom stereocenters. The minimum absolute atomic E-state index is 0.572. The normalized spacial score (nSPS) is 18.1. The van der Waals surface area contributed by atoms with Crippen LogP contribution in [-0.4, -0.2) is 45.8 Å². The molecule has 2 aliphatic rings. The van der Waals surface area contributed by atoms with Gasteiger partial charge in [-0.1, -0.05) is 23.7 Å². The average Bonchev–Trinajstić information content (AvgIpc) is 3.41. The maximum atomic E-state index is 6.34. The topological polar surface area (TPSA) is 49.6 Å². The van der Waals surface area contributed by atoms with Crippen LogP contribution >= 0.6 is 11.6 Å². The highest BCUT2D eigenvalue weighted by molar-refractivity contribution is 6.33. The molecule has 2 fully saturated rings. The van der Waals surface area contributed by atoms with Crippen LogP contribution in [-0.2, 0) is 0 Å². The van der Waals surface area contributed by atoms with Crippen LogP contribution in [0.25, 0.3) is 5.65 Å². The molecular weight excluding hydrogens is 336 g/mol. The zero-order valence-electron chi connectivity index (χ0n) is 13.8. The summed E-state index contributed by atoms with van der Waals surface area (Å²) in [7, 11) is 0. The molecular formula is C18H19ClN6. The summed E-state index contributed by atoms with van der Waals surface area (Å²) in [5.74, 6) is 2.58. The lowest BCUT2D eigenvalue weighted by atomic mass is 10.2. The van der Waals surface area contributed by atoms with Crippen molar-refractivity contribution in [1.29, 1.82) is 0 Å². The Hall–Kier alpha value is -2.34. The van der Waals surface area contributed by atoms with E-state index in [2.05, 4.69) is 35.4 Å². The van der Waals surface area contributed by atoms with E-state index < -0.39 is 0 Å². The molecule has 1 saturated heterocycles. The van der Waals surface area contributed by atoms with E-state index in [9.17, 15) is 0 Å². The van der Waals surface area contributed by atoms with Crippen molar-refractivity contribution in [2.75, 3.05) is 36.0 Å². The molecule has 128 valence electrons. The Labute approximate surface area is 151 Å². The van der Waals surface area contributed by atoms with Crippen LogP contribution in [0.5, 0.6) is 0 Å². The number of benzene rings is 1. The lowest BCUT2D eigenvalue weighted by Crippen LogP contribution is -2.47. The Bertz CT molecular complexity index is 911. The van der Waals surface area contributed by atoms with Crippen LogP contribution in [0.3, 0.4) is 0 Å². The number of para-hydroxylation sites is 1. The highest BCUT2D eigenvalue weighted by Crippen LogP contribution is 2.39. The van der Waals surface area contributed by atoms with Gasteiger partial charge < -0.3 is 9.80 Å². The molecule has 0 N–H and O–H groups in total. The highest BCUT2D eigenvalue weighted by Gasteiger charge is 2.30. The predicted molar refractivity (Wildman–Crippen MR) is 98.6 cm³/mol. The van der Waals surface area contributed by atoms with E-state index in [1.807, 2.05) is 30.6 Å². The summed E-state index contributed by atoms with van der Waals surface area (Å²) in [6.45, 7) is 3.61. The van der Waals surface area contributed by atoms with E-state index in [4.69, 9.17) is 11.6 Å². The smallest absolute Gasteiger partial charge is 0.203 e. The molecule has 1 aliphatic heterocycles. The van der Waals surface area contributed by atoms with Crippen molar-refractivity contribution >= 4 is 28.8 Å². The van der Waals surface area contributed by atoms with Gasteiger partial charge in [-0.25, -0.2) is 4.98 Å². The second-order valence-corrected chi connectivity index (χ2v) is 7.11. The van der Waals surface area contributed by atoms with Gasteiger partial charge in [-0.15, -0.1) is 10.2 Å². The molecule has 3 heterocycles. The Kier molecular flexibility index (Phi) is 3.52. The summed E-state index contributed by atoms with van der Waals surface area (Å²) in [4.78, 5) is 9.23. The summed E-state index contributed by atoms with van der Waals surface area (Å²) < 4.78 is 2.11. The van der Waals surface area contributed by atoms with E-state index in [1.165, 1.54) is 12.8 Å². The van der Waals surface area contributed by atoms with Gasteiger partial charge in [0.1, 0.15) is 5.82 Å². The molecule has 0 amide bonds. The predicted octanol–water partition coefficient (Wildman–Crippen LogP) is 2.98. The first-order valence-electron chi connectivity index (χ1n) is 8.75. The highest BCUT2D eigenvalue weighted by atomic mass is 35.5. The zero-order valence-corrected chi connectivity index (χ0v) is 14.6. The fourth-order valence-electron chi connectivity index (χ4n) is 3.54. The Morgan fingerprint density at radius 2 is 1.72 bits per heavy atom. The maximum absolute atomic E-state index is 6.34. The molecule has 2 aromatic heterocycles. The van der Waals surface area contributed by atoms with Gasteiger partial charge in [-0.3, -0.25) is 4.40 Å². The van der Waals surface area contributed by atoms with E-state index in [-0.39, 0.29) is 0 Å². The van der Waals surface area contributed by atoms with Crippen LogP contribution in [0, 0.1) is 0 Å².